The van der Waals surface area contributed by atoms with E-state index in [2.05, 4.69) is 64.3 Å². The molecule has 0 aromatic carbocycles. The summed E-state index contributed by atoms with van der Waals surface area (Å²) in [4.78, 5) is 26.2. The molecule has 0 unspecified atom stereocenters. The first kappa shape index (κ1) is 14.2. The summed E-state index contributed by atoms with van der Waals surface area (Å²) in [5.41, 5.74) is -0.433. The van der Waals surface area contributed by atoms with Gasteiger partial charge < -0.3 is 5.21 Å². The Morgan fingerprint density at radius 2 is 1.44 bits per heavy atom. The SMILES string of the molecule is O=c1[nH]c(-c2nonc2N=[N+]([O-])c2nonc2-c2noc(=O)[nH]2)no1. The number of hydrogen-bond acceptors (Lipinski definition) is 14. The van der Waals surface area contributed by atoms with Crippen LogP contribution in [0, 0.1) is 5.21 Å². The van der Waals surface area contributed by atoms with E-state index in [1.54, 1.807) is 0 Å². The molecule has 0 radical (unpaired) electrons. The molecule has 0 aliphatic heterocycles. The van der Waals surface area contributed by atoms with Crippen LogP contribution in [0.2, 0.25) is 0 Å². The van der Waals surface area contributed by atoms with Crippen molar-refractivity contribution in [2.75, 3.05) is 0 Å². The van der Waals surface area contributed by atoms with E-state index in [0.29, 0.717) is 0 Å². The summed E-state index contributed by atoms with van der Waals surface area (Å²) >= 11 is 0. The van der Waals surface area contributed by atoms with Crippen molar-refractivity contribution in [3.05, 3.63) is 26.3 Å². The third-order valence-corrected chi connectivity index (χ3v) is 2.64. The van der Waals surface area contributed by atoms with Gasteiger partial charge >= 0.3 is 17.3 Å². The molecule has 126 valence electrons. The van der Waals surface area contributed by atoms with Crippen LogP contribution >= 0.6 is 0 Å². The first-order chi connectivity index (χ1) is 12.1. The van der Waals surface area contributed by atoms with Gasteiger partial charge in [-0.3, -0.25) is 19.0 Å². The van der Waals surface area contributed by atoms with Crippen LogP contribution in [0.25, 0.3) is 23.0 Å². The van der Waals surface area contributed by atoms with Crippen molar-refractivity contribution in [2.24, 2.45) is 5.11 Å². The number of aromatic nitrogens is 8. The van der Waals surface area contributed by atoms with Gasteiger partial charge in [-0.1, -0.05) is 15.4 Å². The summed E-state index contributed by atoms with van der Waals surface area (Å²) in [6.07, 6.45) is 0. The summed E-state index contributed by atoms with van der Waals surface area (Å²) in [5.74, 6) is -2.96. The Morgan fingerprint density at radius 1 is 0.840 bits per heavy atom. The van der Waals surface area contributed by atoms with Gasteiger partial charge in [0, 0.05) is 0 Å². The Balaban J connectivity index is 1.75. The van der Waals surface area contributed by atoms with E-state index in [9.17, 15) is 14.8 Å². The molecule has 4 aromatic rings. The molecule has 0 aliphatic carbocycles. The molecular weight excluding hydrogens is 348 g/mol. The lowest BCUT2D eigenvalue weighted by Crippen LogP contribution is -1.98. The molecule has 0 atom stereocenters. The molecule has 0 spiro atoms. The Bertz CT molecular complexity index is 1170. The third kappa shape index (κ3) is 2.46. The predicted octanol–water partition coefficient (Wildman–Crippen LogP) is -0.935. The van der Waals surface area contributed by atoms with Crippen LogP contribution in [0.1, 0.15) is 0 Å². The molecule has 17 heteroatoms. The Kier molecular flexibility index (Phi) is 3.02. The highest BCUT2D eigenvalue weighted by Gasteiger charge is 2.27. The maximum Gasteiger partial charge on any atom is 0.439 e. The summed E-state index contributed by atoms with van der Waals surface area (Å²) in [6.45, 7) is 0. The molecule has 25 heavy (non-hydrogen) atoms. The maximum absolute atomic E-state index is 12.2. The molecule has 0 saturated heterocycles. The lowest BCUT2D eigenvalue weighted by molar-refractivity contribution is -0.440. The minimum absolute atomic E-state index is 0.0555. The van der Waals surface area contributed by atoms with Gasteiger partial charge in [-0.15, -0.1) is 9.49 Å². The van der Waals surface area contributed by atoms with Crippen molar-refractivity contribution in [1.82, 2.24) is 40.9 Å². The van der Waals surface area contributed by atoms with Crippen molar-refractivity contribution in [3.8, 4) is 23.0 Å². The minimum atomic E-state index is -0.878. The Morgan fingerprint density at radius 3 is 2.08 bits per heavy atom. The van der Waals surface area contributed by atoms with E-state index in [4.69, 9.17) is 0 Å². The molecule has 0 amide bonds. The number of azo groups is 1. The molecule has 4 rings (SSSR count). The van der Waals surface area contributed by atoms with Gasteiger partial charge in [0.2, 0.25) is 17.3 Å². The zero-order valence-corrected chi connectivity index (χ0v) is 11.4. The van der Waals surface area contributed by atoms with Gasteiger partial charge in [0.25, 0.3) is 11.5 Å². The van der Waals surface area contributed by atoms with Gasteiger partial charge in [-0.2, -0.15) is 0 Å². The zero-order valence-electron chi connectivity index (χ0n) is 11.4. The van der Waals surface area contributed by atoms with Crippen molar-refractivity contribution in [2.45, 2.75) is 0 Å². The second-order valence-corrected chi connectivity index (χ2v) is 4.13. The van der Waals surface area contributed by atoms with E-state index in [1.165, 1.54) is 0 Å². The number of nitrogens with zero attached hydrogens (tertiary/aromatic N) is 8. The molecule has 0 bridgehead atoms. The number of aromatic amines is 2. The largest absolute Gasteiger partial charge is 0.690 e. The molecule has 17 nitrogen and oxygen atoms in total. The van der Waals surface area contributed by atoms with Crippen LogP contribution in [0.5, 0.6) is 0 Å². The van der Waals surface area contributed by atoms with Crippen LogP contribution in [0.4, 0.5) is 11.6 Å². The quantitative estimate of drug-likeness (QED) is 0.257. The zero-order chi connectivity index (χ0) is 17.4. The minimum Gasteiger partial charge on any atom is -0.690 e. The van der Waals surface area contributed by atoms with E-state index in [1.807, 2.05) is 0 Å². The molecule has 0 aliphatic rings. The summed E-state index contributed by atoms with van der Waals surface area (Å²) in [7, 11) is 0. The average molecular weight is 350 g/mol. The lowest BCUT2D eigenvalue weighted by atomic mass is 10.4. The van der Waals surface area contributed by atoms with Crippen LogP contribution in [0.15, 0.2) is 33.0 Å². The summed E-state index contributed by atoms with van der Waals surface area (Å²) < 4.78 is 17.5. The van der Waals surface area contributed by atoms with Crippen LogP contribution < -0.4 is 11.5 Å². The highest BCUT2D eigenvalue weighted by molar-refractivity contribution is 5.60. The number of rotatable bonds is 4. The first-order valence-corrected chi connectivity index (χ1v) is 6.08. The average Bonchev–Trinajstić information content (AvgIpc) is 3.32. The lowest BCUT2D eigenvalue weighted by Gasteiger charge is -1.98. The molecule has 0 fully saturated rings. The number of nitrogens with one attached hydrogen (secondary N) is 2. The molecule has 4 aromatic heterocycles. The van der Waals surface area contributed by atoms with E-state index in [0.717, 1.165) is 0 Å². The predicted molar refractivity (Wildman–Crippen MR) is 66.2 cm³/mol. The Hall–Kier alpha value is -4.44. The fourth-order valence-corrected chi connectivity index (χ4v) is 1.65. The summed E-state index contributed by atoms with van der Waals surface area (Å²) in [5, 5.41) is 36.0. The second kappa shape index (κ2) is 5.33. The van der Waals surface area contributed by atoms with Crippen molar-refractivity contribution < 1.29 is 23.2 Å². The summed E-state index contributed by atoms with van der Waals surface area (Å²) in [6, 6.07) is 0. The smallest absolute Gasteiger partial charge is 0.439 e. The molecule has 2 N–H and O–H groups in total. The van der Waals surface area contributed by atoms with Crippen LogP contribution in [-0.2, 0) is 0 Å². The van der Waals surface area contributed by atoms with Gasteiger partial charge in [-0.05, 0) is 15.5 Å². The Labute approximate surface area is 131 Å². The number of hydrogen-bond donors (Lipinski definition) is 2. The monoisotopic (exact) mass is 350 g/mol. The molecule has 0 saturated carbocycles. The normalized spacial score (nSPS) is 11.9. The van der Waals surface area contributed by atoms with Gasteiger partial charge in [-0.25, -0.2) is 14.2 Å². The fourth-order valence-electron chi connectivity index (χ4n) is 1.65. The molecular formula is C8H2N10O7. The topological polar surface area (TPSA) is 234 Å². The maximum atomic E-state index is 12.2. The van der Waals surface area contributed by atoms with Crippen LogP contribution in [-0.4, -0.2) is 45.8 Å². The fraction of sp³-hybridized carbons (Fsp3) is 0. The van der Waals surface area contributed by atoms with Crippen molar-refractivity contribution in [1.29, 1.82) is 0 Å². The third-order valence-electron chi connectivity index (χ3n) is 2.64. The standard InChI is InChI=1S/C8H2N10O7/c19-7-9-3(14-22-7)1-5(16-24-12-1)11-18(21)6-2(13-25-17-6)4-10-8(20)23-15-4/h(H,9,14,19)(H,10,15,20). The van der Waals surface area contributed by atoms with E-state index >= 15 is 0 Å². The van der Waals surface area contributed by atoms with Crippen molar-refractivity contribution in [3.63, 3.8) is 0 Å². The van der Waals surface area contributed by atoms with E-state index < -0.39 is 17.3 Å². The molecule has 4 heterocycles. The highest BCUT2D eigenvalue weighted by atomic mass is 16.6. The van der Waals surface area contributed by atoms with Crippen molar-refractivity contribution >= 4 is 11.6 Å². The highest BCUT2D eigenvalue weighted by Crippen LogP contribution is 2.27. The van der Waals surface area contributed by atoms with Crippen LogP contribution in [0.3, 0.4) is 0 Å². The van der Waals surface area contributed by atoms with Gasteiger partial charge in [0.1, 0.15) is 0 Å². The first-order valence-electron chi connectivity index (χ1n) is 6.08. The van der Waals surface area contributed by atoms with Gasteiger partial charge in [0.15, 0.2) is 5.16 Å². The van der Waals surface area contributed by atoms with E-state index in [-0.39, 0.29) is 33.7 Å². The second-order valence-electron chi connectivity index (χ2n) is 4.13. The number of H-pyrrole nitrogens is 2. The van der Waals surface area contributed by atoms with Gasteiger partial charge in [0.05, 0.1) is 0 Å².